The summed E-state index contributed by atoms with van der Waals surface area (Å²) < 4.78 is 39.0. The van der Waals surface area contributed by atoms with Gasteiger partial charge < -0.3 is 20.9 Å². The van der Waals surface area contributed by atoms with E-state index in [-0.39, 0.29) is 18.3 Å². The van der Waals surface area contributed by atoms with Crippen LogP contribution < -0.4 is 16.0 Å². The minimum Gasteiger partial charge on any atom is -0.368 e. The molecule has 3 N–H and O–H groups in total. The molecule has 1 amide bonds. The van der Waals surface area contributed by atoms with Crippen LogP contribution in [0.25, 0.3) is 0 Å². The molecule has 162 valence electrons. The molecule has 1 saturated carbocycles. The van der Waals surface area contributed by atoms with Crippen molar-refractivity contribution in [3.63, 3.8) is 0 Å². The summed E-state index contributed by atoms with van der Waals surface area (Å²) in [5.41, 5.74) is -1.23. The molecular weight excluding hydrogens is 385 g/mol. The van der Waals surface area contributed by atoms with Crippen molar-refractivity contribution in [2.75, 3.05) is 46.1 Å². The number of amides is 1. The second-order valence-electron chi connectivity index (χ2n) is 7.36. The van der Waals surface area contributed by atoms with Gasteiger partial charge in [0, 0.05) is 47.0 Å². The molecule has 0 bridgehead atoms. The maximum absolute atomic E-state index is 13.0. The number of guanidine groups is 1. The van der Waals surface area contributed by atoms with Crippen LogP contribution in [0.15, 0.2) is 23.3 Å². The van der Waals surface area contributed by atoms with Crippen molar-refractivity contribution in [2.24, 2.45) is 10.4 Å². The second kappa shape index (κ2) is 9.80. The lowest BCUT2D eigenvalue weighted by Crippen LogP contribution is -2.49. The lowest BCUT2D eigenvalue weighted by Gasteiger charge is -2.31. The van der Waals surface area contributed by atoms with Crippen LogP contribution >= 0.6 is 0 Å². The molecule has 1 aromatic rings. The van der Waals surface area contributed by atoms with Gasteiger partial charge in [0.2, 0.25) is 5.91 Å². The average Bonchev–Trinajstić information content (AvgIpc) is 3.16. The Kier molecular flexibility index (Phi) is 7.69. The summed E-state index contributed by atoms with van der Waals surface area (Å²) in [6.45, 7) is 1.03. The number of aliphatic imine (C=N–C) groups is 1. The van der Waals surface area contributed by atoms with Crippen LogP contribution in [0.1, 0.15) is 31.2 Å². The molecule has 1 aliphatic rings. The highest BCUT2D eigenvalue weighted by molar-refractivity contribution is 5.85. The lowest BCUT2D eigenvalue weighted by atomic mass is 9.84. The second-order valence-corrected chi connectivity index (χ2v) is 7.36. The van der Waals surface area contributed by atoms with Gasteiger partial charge in [-0.25, -0.2) is 4.98 Å². The van der Waals surface area contributed by atoms with Gasteiger partial charge in [0.25, 0.3) is 0 Å². The molecule has 1 heterocycles. The maximum atomic E-state index is 13.0. The first-order chi connectivity index (χ1) is 13.7. The van der Waals surface area contributed by atoms with E-state index < -0.39 is 17.2 Å². The van der Waals surface area contributed by atoms with Crippen molar-refractivity contribution in [3.05, 3.63) is 23.9 Å². The quantitative estimate of drug-likeness (QED) is 0.363. The number of carbonyl (C=O) groups excluding carboxylic acids is 1. The standard InChI is InChI=1S/C19H29F3N6O/c1-23-17(27-13-18(8-4-5-9-18)16(29)28(2)3)26-12-11-25-15-14(19(20,21)22)7-6-10-24-15/h6-7,10H,4-5,8-9,11-13H2,1-3H3,(H,24,25)(H2,23,26,27). The number of hydrogen-bond donors (Lipinski definition) is 3. The number of pyridine rings is 1. The Hall–Kier alpha value is -2.52. The molecule has 0 unspecified atom stereocenters. The Morgan fingerprint density at radius 1 is 1.24 bits per heavy atom. The highest BCUT2D eigenvalue weighted by Gasteiger charge is 2.42. The monoisotopic (exact) mass is 414 g/mol. The number of carbonyl (C=O) groups is 1. The predicted octanol–water partition coefficient (Wildman–Crippen LogP) is 2.33. The molecule has 10 heteroatoms. The van der Waals surface area contributed by atoms with E-state index in [1.165, 1.54) is 12.3 Å². The normalized spacial score (nSPS) is 16.4. The van der Waals surface area contributed by atoms with E-state index in [0.29, 0.717) is 19.0 Å². The number of nitrogens with one attached hydrogen (secondary N) is 3. The topological polar surface area (TPSA) is 81.6 Å². The fraction of sp³-hybridized carbons (Fsp3) is 0.632. The van der Waals surface area contributed by atoms with Crippen LogP contribution in [0.4, 0.5) is 19.0 Å². The Balaban J connectivity index is 1.85. The van der Waals surface area contributed by atoms with Crippen LogP contribution in [0.5, 0.6) is 0 Å². The van der Waals surface area contributed by atoms with Gasteiger partial charge in [0.15, 0.2) is 5.96 Å². The van der Waals surface area contributed by atoms with E-state index in [0.717, 1.165) is 31.7 Å². The van der Waals surface area contributed by atoms with Gasteiger partial charge in [-0.1, -0.05) is 12.8 Å². The van der Waals surface area contributed by atoms with Gasteiger partial charge >= 0.3 is 6.18 Å². The number of aromatic nitrogens is 1. The SMILES string of the molecule is CN=C(NCCNc1ncccc1C(F)(F)F)NCC1(C(=O)N(C)C)CCCC1. The Bertz CT molecular complexity index is 714. The maximum Gasteiger partial charge on any atom is 0.419 e. The summed E-state index contributed by atoms with van der Waals surface area (Å²) in [5, 5.41) is 8.94. The van der Waals surface area contributed by atoms with Gasteiger partial charge in [0.05, 0.1) is 11.0 Å². The van der Waals surface area contributed by atoms with E-state index in [9.17, 15) is 18.0 Å². The van der Waals surface area contributed by atoms with E-state index >= 15 is 0 Å². The summed E-state index contributed by atoms with van der Waals surface area (Å²) in [4.78, 5) is 22.1. The molecule has 1 fully saturated rings. The summed E-state index contributed by atoms with van der Waals surface area (Å²) in [6, 6.07) is 2.25. The first kappa shape index (κ1) is 22.8. The van der Waals surface area contributed by atoms with Crippen LogP contribution in [0.3, 0.4) is 0 Å². The molecule has 0 saturated heterocycles. The van der Waals surface area contributed by atoms with E-state index in [2.05, 4.69) is 25.9 Å². The van der Waals surface area contributed by atoms with Crippen LogP contribution in [0.2, 0.25) is 0 Å². The van der Waals surface area contributed by atoms with Crippen molar-refractivity contribution in [2.45, 2.75) is 31.9 Å². The molecule has 1 aromatic heterocycles. The number of anilines is 1. The van der Waals surface area contributed by atoms with Gasteiger partial charge in [-0.2, -0.15) is 13.2 Å². The van der Waals surface area contributed by atoms with Crippen molar-refractivity contribution in [1.29, 1.82) is 0 Å². The number of alkyl halides is 3. The Morgan fingerprint density at radius 3 is 2.52 bits per heavy atom. The first-order valence-electron chi connectivity index (χ1n) is 9.62. The first-order valence-corrected chi connectivity index (χ1v) is 9.62. The molecule has 29 heavy (non-hydrogen) atoms. The van der Waals surface area contributed by atoms with Crippen molar-refractivity contribution in [1.82, 2.24) is 20.5 Å². The van der Waals surface area contributed by atoms with E-state index in [1.807, 2.05) is 0 Å². The summed E-state index contributed by atoms with van der Waals surface area (Å²) in [6.07, 6.45) is 0.543. The molecular formula is C19H29F3N6O. The summed E-state index contributed by atoms with van der Waals surface area (Å²) in [7, 11) is 5.13. The van der Waals surface area contributed by atoms with Crippen LogP contribution in [0, 0.1) is 5.41 Å². The third-order valence-electron chi connectivity index (χ3n) is 5.06. The smallest absolute Gasteiger partial charge is 0.368 e. The number of rotatable bonds is 7. The summed E-state index contributed by atoms with van der Waals surface area (Å²) >= 11 is 0. The molecule has 1 aliphatic carbocycles. The van der Waals surface area contributed by atoms with Crippen molar-refractivity contribution < 1.29 is 18.0 Å². The molecule has 0 radical (unpaired) electrons. The minimum atomic E-state index is -4.46. The lowest BCUT2D eigenvalue weighted by molar-refractivity contribution is -0.139. The van der Waals surface area contributed by atoms with Crippen molar-refractivity contribution in [3.8, 4) is 0 Å². The van der Waals surface area contributed by atoms with E-state index in [1.54, 1.807) is 26.0 Å². The summed E-state index contributed by atoms with van der Waals surface area (Å²) in [5.74, 6) is 0.405. The minimum absolute atomic E-state index is 0.106. The number of nitrogens with zero attached hydrogens (tertiary/aromatic N) is 3. The van der Waals surface area contributed by atoms with Gasteiger partial charge in [-0.15, -0.1) is 0 Å². The van der Waals surface area contributed by atoms with Crippen molar-refractivity contribution >= 4 is 17.7 Å². The van der Waals surface area contributed by atoms with Gasteiger partial charge in [-0.3, -0.25) is 9.79 Å². The van der Waals surface area contributed by atoms with E-state index in [4.69, 9.17) is 0 Å². The largest absolute Gasteiger partial charge is 0.419 e. The Morgan fingerprint density at radius 2 is 1.93 bits per heavy atom. The zero-order valence-corrected chi connectivity index (χ0v) is 17.1. The van der Waals surface area contributed by atoms with Crippen LogP contribution in [-0.4, -0.2) is 62.5 Å². The fourth-order valence-electron chi connectivity index (χ4n) is 3.60. The molecule has 0 aromatic carbocycles. The number of halogens is 3. The third-order valence-corrected chi connectivity index (χ3v) is 5.06. The number of hydrogen-bond acceptors (Lipinski definition) is 4. The molecule has 0 spiro atoms. The van der Waals surface area contributed by atoms with Gasteiger partial charge in [0.1, 0.15) is 5.82 Å². The zero-order valence-electron chi connectivity index (χ0n) is 17.1. The average molecular weight is 414 g/mol. The highest BCUT2D eigenvalue weighted by Crippen LogP contribution is 2.39. The molecule has 7 nitrogen and oxygen atoms in total. The highest BCUT2D eigenvalue weighted by atomic mass is 19.4. The molecule has 0 atom stereocenters. The fourth-order valence-corrected chi connectivity index (χ4v) is 3.60. The Labute approximate surface area is 169 Å². The van der Waals surface area contributed by atoms with Crippen LogP contribution in [-0.2, 0) is 11.0 Å². The predicted molar refractivity (Wildman–Crippen MR) is 107 cm³/mol. The molecule has 2 rings (SSSR count). The zero-order chi connectivity index (χ0) is 21.5. The van der Waals surface area contributed by atoms with Gasteiger partial charge in [-0.05, 0) is 25.0 Å². The molecule has 0 aliphatic heterocycles. The third kappa shape index (κ3) is 5.98.